The summed E-state index contributed by atoms with van der Waals surface area (Å²) in [7, 11) is -5.08. The van der Waals surface area contributed by atoms with Crippen LogP contribution in [0.2, 0.25) is 10.0 Å². The molecule has 0 aliphatic heterocycles. The molecule has 0 unspecified atom stereocenters. The lowest BCUT2D eigenvalue weighted by Gasteiger charge is -2.15. The Labute approximate surface area is 208 Å². The van der Waals surface area contributed by atoms with E-state index in [-0.39, 0.29) is 19.7 Å². The van der Waals surface area contributed by atoms with Crippen LogP contribution >= 0.6 is 35.8 Å². The maximum absolute atomic E-state index is 13.0. The fourth-order valence-electron chi connectivity index (χ4n) is 2.59. The third kappa shape index (κ3) is 6.18. The van der Waals surface area contributed by atoms with Crippen molar-refractivity contribution in [2.75, 3.05) is 19.0 Å². The Morgan fingerprint density at radius 3 is 2.06 bits per heavy atom. The van der Waals surface area contributed by atoms with Crippen molar-refractivity contribution in [1.29, 1.82) is 0 Å². The molecule has 3 rings (SSSR count). The van der Waals surface area contributed by atoms with Crippen LogP contribution in [-0.4, -0.2) is 36.9 Å². The number of hydrogen-bond acceptors (Lipinski definition) is 6. The van der Waals surface area contributed by atoms with Gasteiger partial charge < -0.3 is 4.90 Å². The quantitative estimate of drug-likeness (QED) is 0.226. The summed E-state index contributed by atoms with van der Waals surface area (Å²) in [6.45, 7) is 0. The highest BCUT2D eigenvalue weighted by atomic mass is 35.5. The van der Waals surface area contributed by atoms with E-state index in [1.54, 1.807) is 12.1 Å². The molecule has 1 heterocycles. The van der Waals surface area contributed by atoms with Crippen molar-refractivity contribution in [2.45, 2.75) is 14.7 Å². The number of pyridine rings is 1. The van der Waals surface area contributed by atoms with E-state index in [4.69, 9.17) is 23.2 Å². The van der Waals surface area contributed by atoms with Gasteiger partial charge in [0.2, 0.25) is 0 Å². The summed E-state index contributed by atoms with van der Waals surface area (Å²) in [4.78, 5) is 1.45. The van der Waals surface area contributed by atoms with Crippen LogP contribution in [0.1, 0.15) is 0 Å². The summed E-state index contributed by atoms with van der Waals surface area (Å²) in [5, 5.41) is 0.620. The average molecular weight is 545 g/mol. The first-order chi connectivity index (χ1) is 15.4. The van der Waals surface area contributed by atoms with E-state index >= 15 is 0 Å². The lowest BCUT2D eigenvalue weighted by molar-refractivity contribution is -0.553. The van der Waals surface area contributed by atoms with Crippen LogP contribution in [0, 0.1) is 0 Å². The van der Waals surface area contributed by atoms with Gasteiger partial charge in [0.05, 0.1) is 4.90 Å². The first kappa shape index (κ1) is 25.3. The number of nitrogens with zero attached hydrogens (tertiary/aromatic N) is 4. The van der Waals surface area contributed by atoms with Crippen molar-refractivity contribution in [3.8, 4) is 0 Å². The summed E-state index contributed by atoms with van der Waals surface area (Å²) < 4.78 is 60.4. The second-order valence-corrected chi connectivity index (χ2v) is 11.4. The third-order valence-electron chi connectivity index (χ3n) is 4.27. The monoisotopic (exact) mass is 544 g/mol. The maximum Gasteiger partial charge on any atom is 0.286 e. The van der Waals surface area contributed by atoms with E-state index in [0.29, 0.717) is 5.02 Å². The van der Waals surface area contributed by atoms with Crippen molar-refractivity contribution >= 4 is 67.5 Å². The number of hydrogen-bond donors (Lipinski definition) is 1. The molecule has 0 atom stereocenters. The van der Waals surface area contributed by atoms with E-state index in [0.717, 1.165) is 5.69 Å². The topological polar surface area (TPSA) is 102 Å². The lowest BCUT2D eigenvalue weighted by Crippen LogP contribution is -2.43. The Morgan fingerprint density at radius 2 is 1.52 bits per heavy atom. The molecule has 174 valence electrons. The summed E-state index contributed by atoms with van der Waals surface area (Å²) in [5.41, 5.74) is 0.796. The van der Waals surface area contributed by atoms with Crippen LogP contribution in [0.25, 0.3) is 4.72 Å². The lowest BCUT2D eigenvalue weighted by atomic mass is 10.4. The summed E-state index contributed by atoms with van der Waals surface area (Å²) >= 11 is 15.9. The van der Waals surface area contributed by atoms with Crippen molar-refractivity contribution in [3.63, 3.8) is 0 Å². The second-order valence-electron chi connectivity index (χ2n) is 6.86. The second kappa shape index (κ2) is 9.90. The highest BCUT2D eigenvalue weighted by Gasteiger charge is 2.24. The van der Waals surface area contributed by atoms with Gasteiger partial charge in [0.15, 0.2) is 0 Å². The molecule has 0 spiro atoms. The van der Waals surface area contributed by atoms with Gasteiger partial charge in [-0.15, -0.1) is 21.7 Å². The highest BCUT2D eigenvalue weighted by Crippen LogP contribution is 2.26. The van der Waals surface area contributed by atoms with Crippen molar-refractivity contribution in [3.05, 3.63) is 81.8 Å². The van der Waals surface area contributed by atoms with Gasteiger partial charge in [0.25, 0.3) is 26.0 Å². The first-order valence-corrected chi connectivity index (χ1v) is 13.2. The minimum absolute atomic E-state index is 0.0547. The number of sulfonamides is 2. The van der Waals surface area contributed by atoms with Gasteiger partial charge in [-0.25, -0.2) is 0 Å². The Hall–Kier alpha value is -2.31. The predicted molar refractivity (Wildman–Crippen MR) is 132 cm³/mol. The van der Waals surface area contributed by atoms with Gasteiger partial charge in [0, 0.05) is 47.1 Å². The molecule has 8 nitrogen and oxygen atoms in total. The van der Waals surface area contributed by atoms with E-state index in [1.807, 2.05) is 19.0 Å². The summed E-state index contributed by atoms with van der Waals surface area (Å²) in [5.74, 6) is -0.585. The predicted octanol–water partition coefficient (Wildman–Crippen LogP) is 3.99. The van der Waals surface area contributed by atoms with Crippen LogP contribution < -0.4 is 9.47 Å². The molecule has 0 radical (unpaired) electrons. The minimum atomic E-state index is -4.40. The number of anilines is 1. The number of halogens is 2. The number of benzene rings is 2. The highest BCUT2D eigenvalue weighted by molar-refractivity contribution is 7.95. The fraction of sp³-hybridized carbons (Fsp3) is 0.100. The van der Waals surface area contributed by atoms with Crippen molar-refractivity contribution in [1.82, 2.24) is 0 Å². The van der Waals surface area contributed by atoms with E-state index in [9.17, 15) is 16.8 Å². The molecule has 0 bridgehead atoms. The van der Waals surface area contributed by atoms with Gasteiger partial charge in [0.1, 0.15) is 4.90 Å². The molecular formula is C20H18Cl2N4O4S3. The zero-order valence-corrected chi connectivity index (χ0v) is 21.3. The van der Waals surface area contributed by atoms with Crippen LogP contribution in [0.5, 0.6) is 0 Å². The molecule has 2 aromatic carbocycles. The Bertz CT molecular complexity index is 1410. The molecule has 0 aliphatic carbocycles. The SMILES string of the molecule is CN(C)c1cc[n+](/C(=N/S(=O)(=O)c2ccc(Cl)cc2S)[N-]S(=O)(=O)c2ccc(Cl)cc2)cc1. The third-order valence-corrected chi connectivity index (χ3v) is 7.87. The van der Waals surface area contributed by atoms with Crippen LogP contribution in [-0.2, 0) is 20.0 Å². The standard InChI is InChI=1S/C20H18Cl2N4O4S3/c1-25(2)16-9-11-26(12-10-16)20(23-32(27,28)17-6-3-14(21)4-7-17)24-33(29,30)19-8-5-15(22)13-18(19)31/h3-13H,1-2H3,(H-,23,24,31). The zero-order valence-electron chi connectivity index (χ0n) is 17.3. The van der Waals surface area contributed by atoms with Gasteiger partial charge >= 0.3 is 0 Å². The number of rotatable bonds is 5. The molecule has 0 aliphatic rings. The molecular weight excluding hydrogens is 527 g/mol. The van der Waals surface area contributed by atoms with E-state index in [2.05, 4.69) is 21.7 Å². The minimum Gasteiger partial charge on any atom is -0.378 e. The Morgan fingerprint density at radius 1 is 0.939 bits per heavy atom. The van der Waals surface area contributed by atoms with Crippen molar-refractivity contribution in [2.24, 2.45) is 4.40 Å². The summed E-state index contributed by atoms with van der Waals surface area (Å²) in [6.07, 6.45) is 2.90. The molecule has 0 amide bonds. The molecule has 0 N–H and O–H groups in total. The fourth-order valence-corrected chi connectivity index (χ4v) is 5.53. The van der Waals surface area contributed by atoms with Crippen LogP contribution in [0.15, 0.2) is 86.1 Å². The van der Waals surface area contributed by atoms with Gasteiger partial charge in [-0.1, -0.05) is 23.2 Å². The molecule has 3 aromatic rings. The smallest absolute Gasteiger partial charge is 0.286 e. The number of thiol groups is 1. The van der Waals surface area contributed by atoms with Gasteiger partial charge in [-0.3, -0.25) is 4.57 Å². The maximum atomic E-state index is 13.0. The normalized spacial score (nSPS) is 12.5. The number of aromatic nitrogens is 1. The largest absolute Gasteiger partial charge is 0.378 e. The molecule has 1 aromatic heterocycles. The molecule has 33 heavy (non-hydrogen) atoms. The zero-order chi connectivity index (χ0) is 24.4. The Kier molecular flexibility index (Phi) is 7.59. The average Bonchev–Trinajstić information content (AvgIpc) is 2.73. The van der Waals surface area contributed by atoms with E-state index < -0.39 is 26.0 Å². The molecule has 0 fully saturated rings. The summed E-state index contributed by atoms with van der Waals surface area (Å²) in [6, 6.07) is 12.5. The molecule has 13 heteroatoms. The van der Waals surface area contributed by atoms with E-state index in [1.165, 1.54) is 59.4 Å². The van der Waals surface area contributed by atoms with Crippen LogP contribution in [0.3, 0.4) is 0 Å². The Balaban J connectivity index is 2.13. The first-order valence-electron chi connectivity index (χ1n) is 9.15. The van der Waals surface area contributed by atoms with Crippen LogP contribution in [0.4, 0.5) is 5.69 Å². The van der Waals surface area contributed by atoms with Crippen molar-refractivity contribution < 1.29 is 21.4 Å². The van der Waals surface area contributed by atoms with Gasteiger partial charge in [-0.2, -0.15) is 16.8 Å². The van der Waals surface area contributed by atoms with Gasteiger partial charge in [-0.05, 0) is 54.6 Å². The molecule has 0 saturated heterocycles. The molecule has 0 saturated carbocycles.